The van der Waals surface area contributed by atoms with Crippen molar-refractivity contribution in [2.45, 2.75) is 25.4 Å². The standard InChI is InChI=1S/C19H33N5O2/c1-4-20-19(21-14-17(22(2)3)18-6-5-11-26-18)24-8-7-16(15-24)23-9-12-25-13-10-23/h5-6,11,16-17H,4,7-10,12-15H2,1-3H3,(H,20,21). The number of ether oxygens (including phenoxy) is 1. The van der Waals surface area contributed by atoms with E-state index in [2.05, 4.69) is 41.0 Å². The molecule has 1 aromatic heterocycles. The number of rotatable bonds is 6. The van der Waals surface area contributed by atoms with Crippen LogP contribution in [0.1, 0.15) is 25.1 Å². The second-order valence-electron chi connectivity index (χ2n) is 7.23. The summed E-state index contributed by atoms with van der Waals surface area (Å²) in [5.41, 5.74) is 0. The zero-order valence-electron chi connectivity index (χ0n) is 16.4. The quantitative estimate of drug-likeness (QED) is 0.607. The molecule has 0 radical (unpaired) electrons. The van der Waals surface area contributed by atoms with Crippen LogP contribution in [0.4, 0.5) is 0 Å². The lowest BCUT2D eigenvalue weighted by Gasteiger charge is -2.32. The molecule has 2 unspecified atom stereocenters. The molecule has 0 bridgehead atoms. The van der Waals surface area contributed by atoms with Crippen LogP contribution in [0.2, 0.25) is 0 Å². The van der Waals surface area contributed by atoms with Crippen LogP contribution in [-0.2, 0) is 4.74 Å². The summed E-state index contributed by atoms with van der Waals surface area (Å²) in [5, 5.41) is 3.47. The molecular weight excluding hydrogens is 330 g/mol. The van der Waals surface area contributed by atoms with E-state index in [0.717, 1.165) is 57.7 Å². The fourth-order valence-corrected chi connectivity index (χ4v) is 3.76. The molecule has 7 heteroatoms. The summed E-state index contributed by atoms with van der Waals surface area (Å²) in [4.78, 5) is 12.1. The molecule has 2 fully saturated rings. The van der Waals surface area contributed by atoms with Gasteiger partial charge >= 0.3 is 0 Å². The van der Waals surface area contributed by atoms with Crippen LogP contribution in [-0.4, -0.2) is 93.3 Å². The number of likely N-dealkylation sites (tertiary alicyclic amines) is 1. The molecule has 3 heterocycles. The zero-order valence-corrected chi connectivity index (χ0v) is 16.4. The van der Waals surface area contributed by atoms with E-state index in [1.807, 2.05) is 12.1 Å². The summed E-state index contributed by atoms with van der Waals surface area (Å²) in [6.45, 7) is 9.60. The minimum atomic E-state index is 0.149. The summed E-state index contributed by atoms with van der Waals surface area (Å²) in [6.07, 6.45) is 2.92. The van der Waals surface area contributed by atoms with E-state index in [4.69, 9.17) is 14.1 Å². The average molecular weight is 364 g/mol. The highest BCUT2D eigenvalue weighted by Crippen LogP contribution is 2.20. The highest BCUT2D eigenvalue weighted by molar-refractivity contribution is 5.80. The minimum Gasteiger partial charge on any atom is -0.468 e. The second-order valence-corrected chi connectivity index (χ2v) is 7.23. The van der Waals surface area contributed by atoms with Crippen LogP contribution < -0.4 is 5.32 Å². The van der Waals surface area contributed by atoms with Gasteiger partial charge in [-0.15, -0.1) is 0 Å². The van der Waals surface area contributed by atoms with Gasteiger partial charge in [0.15, 0.2) is 5.96 Å². The zero-order chi connectivity index (χ0) is 18.4. The van der Waals surface area contributed by atoms with Crippen LogP contribution in [0.15, 0.2) is 27.8 Å². The Balaban J connectivity index is 1.63. The maximum absolute atomic E-state index is 5.61. The van der Waals surface area contributed by atoms with Gasteiger partial charge in [-0.25, -0.2) is 0 Å². The van der Waals surface area contributed by atoms with Crippen molar-refractivity contribution in [3.63, 3.8) is 0 Å². The van der Waals surface area contributed by atoms with E-state index in [1.54, 1.807) is 6.26 Å². The molecule has 0 amide bonds. The van der Waals surface area contributed by atoms with Gasteiger partial charge in [0.25, 0.3) is 0 Å². The Morgan fingerprint density at radius 3 is 2.81 bits per heavy atom. The summed E-state index contributed by atoms with van der Waals surface area (Å²) in [6, 6.07) is 4.72. The number of likely N-dealkylation sites (N-methyl/N-ethyl adjacent to an activating group) is 1. The highest BCUT2D eigenvalue weighted by atomic mass is 16.5. The predicted molar refractivity (Wildman–Crippen MR) is 103 cm³/mol. The Morgan fingerprint density at radius 2 is 2.15 bits per heavy atom. The summed E-state index contributed by atoms with van der Waals surface area (Å²) in [5.74, 6) is 1.98. The van der Waals surface area contributed by atoms with Gasteiger partial charge in [-0.2, -0.15) is 0 Å². The molecule has 7 nitrogen and oxygen atoms in total. The van der Waals surface area contributed by atoms with Crippen LogP contribution >= 0.6 is 0 Å². The largest absolute Gasteiger partial charge is 0.468 e. The van der Waals surface area contributed by atoms with Gasteiger partial charge in [-0.05, 0) is 39.6 Å². The first-order valence-corrected chi connectivity index (χ1v) is 9.74. The molecular formula is C19H33N5O2. The van der Waals surface area contributed by atoms with Crippen molar-refractivity contribution in [1.82, 2.24) is 20.0 Å². The van der Waals surface area contributed by atoms with Crippen LogP contribution in [0, 0.1) is 0 Å². The molecule has 2 saturated heterocycles. The third-order valence-corrected chi connectivity index (χ3v) is 5.27. The maximum atomic E-state index is 5.61. The first-order chi connectivity index (χ1) is 12.7. The number of hydrogen-bond acceptors (Lipinski definition) is 5. The van der Waals surface area contributed by atoms with Crippen molar-refractivity contribution < 1.29 is 9.15 Å². The summed E-state index contributed by atoms with van der Waals surface area (Å²) >= 11 is 0. The molecule has 3 rings (SSSR count). The molecule has 0 saturated carbocycles. The first kappa shape index (κ1) is 19.2. The highest BCUT2D eigenvalue weighted by Gasteiger charge is 2.30. The van der Waals surface area contributed by atoms with E-state index < -0.39 is 0 Å². The summed E-state index contributed by atoms with van der Waals surface area (Å²) in [7, 11) is 4.14. The monoisotopic (exact) mass is 363 g/mol. The van der Waals surface area contributed by atoms with Gasteiger partial charge in [0, 0.05) is 38.8 Å². The van der Waals surface area contributed by atoms with Crippen LogP contribution in [0.25, 0.3) is 0 Å². The normalized spacial score (nSPS) is 23.6. The lowest BCUT2D eigenvalue weighted by atomic mass is 10.2. The topological polar surface area (TPSA) is 56.5 Å². The van der Waals surface area contributed by atoms with Crippen molar-refractivity contribution in [2.24, 2.45) is 4.99 Å². The van der Waals surface area contributed by atoms with Crippen LogP contribution in [0.5, 0.6) is 0 Å². The third kappa shape index (κ3) is 4.78. The Morgan fingerprint density at radius 1 is 1.35 bits per heavy atom. The van der Waals surface area contributed by atoms with E-state index in [0.29, 0.717) is 12.6 Å². The predicted octanol–water partition coefficient (Wildman–Crippen LogP) is 1.25. The Labute approximate surface area is 157 Å². The molecule has 2 aliphatic rings. The second kappa shape index (κ2) is 9.39. The van der Waals surface area contributed by atoms with Crippen molar-refractivity contribution >= 4 is 5.96 Å². The molecule has 1 aromatic rings. The van der Waals surface area contributed by atoms with E-state index in [1.165, 1.54) is 6.42 Å². The number of guanidine groups is 1. The van der Waals surface area contributed by atoms with Crippen molar-refractivity contribution in [1.29, 1.82) is 0 Å². The van der Waals surface area contributed by atoms with E-state index in [-0.39, 0.29) is 6.04 Å². The molecule has 0 aliphatic carbocycles. The number of morpholine rings is 1. The molecule has 1 N–H and O–H groups in total. The number of hydrogen-bond donors (Lipinski definition) is 1. The average Bonchev–Trinajstić information content (AvgIpc) is 3.34. The Kier molecular flexibility index (Phi) is 6.93. The Bertz CT molecular complexity index is 554. The first-order valence-electron chi connectivity index (χ1n) is 9.74. The maximum Gasteiger partial charge on any atom is 0.194 e. The van der Waals surface area contributed by atoms with Crippen LogP contribution in [0.3, 0.4) is 0 Å². The summed E-state index contributed by atoms with van der Waals surface area (Å²) < 4.78 is 11.1. The van der Waals surface area contributed by atoms with Gasteiger partial charge in [0.1, 0.15) is 5.76 Å². The molecule has 26 heavy (non-hydrogen) atoms. The molecule has 0 aromatic carbocycles. The number of nitrogens with one attached hydrogen (secondary N) is 1. The minimum absolute atomic E-state index is 0.149. The van der Waals surface area contributed by atoms with Gasteiger partial charge in [-0.3, -0.25) is 14.8 Å². The molecule has 0 spiro atoms. The van der Waals surface area contributed by atoms with E-state index >= 15 is 0 Å². The van der Waals surface area contributed by atoms with Gasteiger partial charge in [0.05, 0.1) is 32.1 Å². The number of aliphatic imine (C=N–C) groups is 1. The van der Waals surface area contributed by atoms with Crippen molar-refractivity contribution in [3.05, 3.63) is 24.2 Å². The van der Waals surface area contributed by atoms with E-state index in [9.17, 15) is 0 Å². The third-order valence-electron chi connectivity index (χ3n) is 5.27. The molecule has 146 valence electrons. The lowest BCUT2D eigenvalue weighted by Crippen LogP contribution is -2.46. The number of nitrogens with zero attached hydrogens (tertiary/aromatic N) is 4. The van der Waals surface area contributed by atoms with Gasteiger partial charge in [-0.1, -0.05) is 0 Å². The smallest absolute Gasteiger partial charge is 0.194 e. The van der Waals surface area contributed by atoms with Crippen molar-refractivity contribution in [2.75, 3.05) is 66.6 Å². The van der Waals surface area contributed by atoms with Gasteiger partial charge in [0.2, 0.25) is 0 Å². The lowest BCUT2D eigenvalue weighted by molar-refractivity contribution is 0.0195. The molecule has 2 aliphatic heterocycles. The fraction of sp³-hybridized carbons (Fsp3) is 0.737. The SMILES string of the molecule is CCNC(=NCC(c1ccco1)N(C)C)N1CCC(N2CCOCC2)C1. The van der Waals surface area contributed by atoms with Gasteiger partial charge < -0.3 is 19.4 Å². The number of furan rings is 1. The fourth-order valence-electron chi connectivity index (χ4n) is 3.76. The Hall–Kier alpha value is -1.57. The van der Waals surface area contributed by atoms with Crippen molar-refractivity contribution in [3.8, 4) is 0 Å². The molecule has 2 atom stereocenters.